The first-order valence-corrected chi connectivity index (χ1v) is 5.63. The molecular weight excluding hydrogens is 192 g/mol. The van der Waals surface area contributed by atoms with Crippen molar-refractivity contribution in [2.75, 3.05) is 0 Å². The number of carbonyl (C=O) groups excluding carboxylic acids is 1. The standard InChI is InChI=1S/C11H22N2O2/c1-11(2,15-10(13)14)7-8-4-3-5-9(12)6-8/h8-9H,3-7,12H2,1-2H3,(H2,13,14)/t8-,9-/m1/s1. The van der Waals surface area contributed by atoms with E-state index in [1.807, 2.05) is 13.8 Å². The zero-order valence-electron chi connectivity index (χ0n) is 9.66. The Kier molecular flexibility index (Phi) is 3.97. The molecule has 0 heterocycles. The van der Waals surface area contributed by atoms with Crippen LogP contribution in [0.2, 0.25) is 0 Å². The quantitative estimate of drug-likeness (QED) is 0.751. The van der Waals surface area contributed by atoms with Crippen LogP contribution < -0.4 is 11.5 Å². The average Bonchev–Trinajstić information content (AvgIpc) is 1.99. The Labute approximate surface area is 91.3 Å². The predicted octanol–water partition coefficient (Wildman–Crippen LogP) is 1.77. The second kappa shape index (κ2) is 4.84. The average molecular weight is 214 g/mol. The molecule has 2 atom stereocenters. The molecule has 1 aliphatic carbocycles. The molecule has 0 unspecified atom stereocenters. The van der Waals surface area contributed by atoms with E-state index in [4.69, 9.17) is 16.2 Å². The molecule has 0 spiro atoms. The molecule has 1 amide bonds. The van der Waals surface area contributed by atoms with Gasteiger partial charge in [0.15, 0.2) is 0 Å². The lowest BCUT2D eigenvalue weighted by atomic mass is 9.80. The molecule has 88 valence electrons. The van der Waals surface area contributed by atoms with Crippen molar-refractivity contribution in [3.8, 4) is 0 Å². The predicted molar refractivity (Wildman–Crippen MR) is 59.3 cm³/mol. The van der Waals surface area contributed by atoms with Gasteiger partial charge in [0, 0.05) is 6.04 Å². The van der Waals surface area contributed by atoms with Crippen molar-refractivity contribution in [1.82, 2.24) is 0 Å². The Hall–Kier alpha value is -0.770. The largest absolute Gasteiger partial charge is 0.444 e. The zero-order valence-corrected chi connectivity index (χ0v) is 9.66. The van der Waals surface area contributed by atoms with Crippen molar-refractivity contribution in [2.45, 2.75) is 57.6 Å². The summed E-state index contributed by atoms with van der Waals surface area (Å²) in [6.07, 6.45) is 4.67. The fourth-order valence-electron chi connectivity index (χ4n) is 2.53. The normalized spacial score (nSPS) is 27.4. The molecule has 0 aliphatic heterocycles. The van der Waals surface area contributed by atoms with Gasteiger partial charge in [0.2, 0.25) is 0 Å². The van der Waals surface area contributed by atoms with Gasteiger partial charge in [0.1, 0.15) is 5.60 Å². The molecule has 4 N–H and O–H groups in total. The van der Waals surface area contributed by atoms with Crippen LogP contribution in [0.1, 0.15) is 46.0 Å². The third-order valence-corrected chi connectivity index (χ3v) is 2.98. The van der Waals surface area contributed by atoms with Crippen molar-refractivity contribution < 1.29 is 9.53 Å². The molecule has 1 aliphatic rings. The molecule has 0 bridgehead atoms. The summed E-state index contributed by atoms with van der Waals surface area (Å²) < 4.78 is 5.07. The van der Waals surface area contributed by atoms with E-state index in [-0.39, 0.29) is 0 Å². The van der Waals surface area contributed by atoms with Crippen LogP contribution in [0.25, 0.3) is 0 Å². The molecule has 1 fully saturated rings. The van der Waals surface area contributed by atoms with Crippen LogP contribution in [0.15, 0.2) is 0 Å². The summed E-state index contributed by atoms with van der Waals surface area (Å²) in [7, 11) is 0. The maximum Gasteiger partial charge on any atom is 0.405 e. The molecule has 15 heavy (non-hydrogen) atoms. The van der Waals surface area contributed by atoms with E-state index in [0.717, 1.165) is 19.3 Å². The van der Waals surface area contributed by atoms with E-state index in [1.54, 1.807) is 0 Å². The van der Waals surface area contributed by atoms with Gasteiger partial charge in [-0.25, -0.2) is 4.79 Å². The summed E-state index contributed by atoms with van der Waals surface area (Å²) in [5.41, 5.74) is 10.5. The highest BCUT2D eigenvalue weighted by molar-refractivity contribution is 5.65. The number of rotatable bonds is 3. The van der Waals surface area contributed by atoms with Crippen molar-refractivity contribution in [2.24, 2.45) is 17.4 Å². The van der Waals surface area contributed by atoms with Crippen molar-refractivity contribution in [3.63, 3.8) is 0 Å². The minimum Gasteiger partial charge on any atom is -0.444 e. The number of primary amides is 1. The third-order valence-electron chi connectivity index (χ3n) is 2.98. The number of hydrogen-bond donors (Lipinski definition) is 2. The summed E-state index contributed by atoms with van der Waals surface area (Å²) in [6.45, 7) is 3.80. The first-order valence-electron chi connectivity index (χ1n) is 5.63. The second-order valence-electron chi connectivity index (χ2n) is 5.18. The molecule has 0 aromatic rings. The van der Waals surface area contributed by atoms with Crippen molar-refractivity contribution >= 4 is 6.09 Å². The number of nitrogens with two attached hydrogens (primary N) is 2. The summed E-state index contributed by atoms with van der Waals surface area (Å²) >= 11 is 0. The van der Waals surface area contributed by atoms with Gasteiger partial charge in [-0.3, -0.25) is 0 Å². The topological polar surface area (TPSA) is 78.3 Å². The van der Waals surface area contributed by atoms with Gasteiger partial charge >= 0.3 is 6.09 Å². The Morgan fingerprint density at radius 3 is 2.67 bits per heavy atom. The van der Waals surface area contributed by atoms with E-state index in [2.05, 4.69) is 0 Å². The van der Waals surface area contributed by atoms with Gasteiger partial charge < -0.3 is 16.2 Å². The van der Waals surface area contributed by atoms with E-state index < -0.39 is 11.7 Å². The van der Waals surface area contributed by atoms with Crippen LogP contribution in [0.5, 0.6) is 0 Å². The number of amides is 1. The molecule has 4 heteroatoms. The maximum atomic E-state index is 10.7. The second-order valence-corrected chi connectivity index (χ2v) is 5.18. The van der Waals surface area contributed by atoms with Gasteiger partial charge in [-0.2, -0.15) is 0 Å². The minimum atomic E-state index is -0.694. The van der Waals surface area contributed by atoms with Crippen LogP contribution in [-0.2, 0) is 4.74 Å². The van der Waals surface area contributed by atoms with Crippen LogP contribution in [0.3, 0.4) is 0 Å². The molecule has 1 rings (SSSR count). The van der Waals surface area contributed by atoms with Gasteiger partial charge in [0.25, 0.3) is 0 Å². The van der Waals surface area contributed by atoms with Crippen molar-refractivity contribution in [3.05, 3.63) is 0 Å². The van der Waals surface area contributed by atoms with Gasteiger partial charge in [0.05, 0.1) is 0 Å². The molecule has 4 nitrogen and oxygen atoms in total. The number of ether oxygens (including phenoxy) is 1. The van der Waals surface area contributed by atoms with E-state index >= 15 is 0 Å². The molecule has 1 saturated carbocycles. The lowest BCUT2D eigenvalue weighted by molar-refractivity contribution is 0.0210. The van der Waals surface area contributed by atoms with Gasteiger partial charge in [-0.1, -0.05) is 12.8 Å². The SMILES string of the molecule is CC(C)(C[C@@H]1CCC[C@@H](N)C1)OC(N)=O. The lowest BCUT2D eigenvalue weighted by Gasteiger charge is -2.33. The highest BCUT2D eigenvalue weighted by Crippen LogP contribution is 2.31. The van der Waals surface area contributed by atoms with Gasteiger partial charge in [-0.15, -0.1) is 0 Å². The fraction of sp³-hybridized carbons (Fsp3) is 0.909. The van der Waals surface area contributed by atoms with E-state index in [1.165, 1.54) is 12.8 Å². The van der Waals surface area contributed by atoms with Crippen molar-refractivity contribution in [1.29, 1.82) is 0 Å². The van der Waals surface area contributed by atoms with Crippen LogP contribution in [-0.4, -0.2) is 17.7 Å². The number of carbonyl (C=O) groups is 1. The highest BCUT2D eigenvalue weighted by atomic mass is 16.6. The van der Waals surface area contributed by atoms with Crippen LogP contribution in [0.4, 0.5) is 4.79 Å². The Balaban J connectivity index is 2.41. The molecule has 0 aromatic carbocycles. The maximum absolute atomic E-state index is 10.7. The number of hydrogen-bond acceptors (Lipinski definition) is 3. The first kappa shape index (κ1) is 12.3. The lowest BCUT2D eigenvalue weighted by Crippen LogP contribution is -2.36. The smallest absolute Gasteiger partial charge is 0.405 e. The zero-order chi connectivity index (χ0) is 11.5. The van der Waals surface area contributed by atoms with Gasteiger partial charge in [-0.05, 0) is 39.0 Å². The Bertz CT molecular complexity index is 229. The fourth-order valence-corrected chi connectivity index (χ4v) is 2.53. The Morgan fingerprint density at radius 2 is 2.13 bits per heavy atom. The summed E-state index contributed by atoms with van der Waals surface area (Å²) in [5, 5.41) is 0. The highest BCUT2D eigenvalue weighted by Gasteiger charge is 2.29. The van der Waals surface area contributed by atoms with Crippen LogP contribution in [0, 0.1) is 5.92 Å². The van der Waals surface area contributed by atoms with Crippen LogP contribution >= 0.6 is 0 Å². The van der Waals surface area contributed by atoms with E-state index in [9.17, 15) is 4.79 Å². The summed E-state index contributed by atoms with van der Waals surface area (Å²) in [4.78, 5) is 10.7. The monoisotopic (exact) mass is 214 g/mol. The van der Waals surface area contributed by atoms with E-state index in [0.29, 0.717) is 12.0 Å². The molecule has 0 aromatic heterocycles. The molecular formula is C11H22N2O2. The summed E-state index contributed by atoms with van der Waals surface area (Å²) in [5.74, 6) is 0.558. The summed E-state index contributed by atoms with van der Waals surface area (Å²) in [6, 6.07) is 0.313. The third kappa shape index (κ3) is 4.51. The molecule has 0 saturated heterocycles. The minimum absolute atomic E-state index is 0.313. The molecule has 0 radical (unpaired) electrons. The first-order chi connectivity index (χ1) is 6.89. The Morgan fingerprint density at radius 1 is 1.47 bits per heavy atom.